The molecule has 1 unspecified atom stereocenters. The molecule has 2 rings (SSSR count). The number of rotatable bonds is 12. The van der Waals surface area contributed by atoms with E-state index in [1.54, 1.807) is 6.92 Å². The topological polar surface area (TPSA) is 148 Å². The number of anilines is 1. The Bertz CT molecular complexity index is 1040. The summed E-state index contributed by atoms with van der Waals surface area (Å²) in [5, 5.41) is 13.5. The van der Waals surface area contributed by atoms with E-state index in [1.807, 2.05) is 30.3 Å². The number of carbonyl (C=O) groups is 3. The van der Waals surface area contributed by atoms with Gasteiger partial charge in [0.2, 0.25) is 5.91 Å². The van der Waals surface area contributed by atoms with Crippen molar-refractivity contribution in [2.24, 2.45) is 0 Å². The summed E-state index contributed by atoms with van der Waals surface area (Å²) < 4.78 is 1.26. The Morgan fingerprint density at radius 3 is 2.58 bits per heavy atom. The van der Waals surface area contributed by atoms with Gasteiger partial charge in [-0.15, -0.1) is 11.8 Å². The predicted molar refractivity (Wildman–Crippen MR) is 128 cm³/mol. The molecule has 5 N–H and O–H groups in total. The number of hydrogen-bond donors (Lipinski definition) is 4. The van der Waals surface area contributed by atoms with Crippen LogP contribution in [0.15, 0.2) is 47.5 Å². The summed E-state index contributed by atoms with van der Waals surface area (Å²) in [7, 11) is 0. The minimum Gasteiger partial charge on any atom is -0.354 e. The lowest BCUT2D eigenvalue weighted by Crippen LogP contribution is -2.54. The van der Waals surface area contributed by atoms with Crippen molar-refractivity contribution in [3.8, 4) is 0 Å². The van der Waals surface area contributed by atoms with Crippen LogP contribution in [0.4, 0.5) is 5.82 Å². The number of thioether (sulfide) groups is 1. The number of benzene rings is 1. The number of carbonyl (C=O) groups excluding carboxylic acids is 3. The minimum atomic E-state index is -0.803. The first-order valence-corrected chi connectivity index (χ1v) is 11.6. The van der Waals surface area contributed by atoms with Crippen LogP contribution in [0.3, 0.4) is 0 Å². The molecule has 0 saturated heterocycles. The number of nitrogens with one attached hydrogen (secondary N) is 3. The highest BCUT2D eigenvalue weighted by molar-refractivity contribution is 7.99. The van der Waals surface area contributed by atoms with Crippen LogP contribution < -0.4 is 26.9 Å². The zero-order valence-corrected chi connectivity index (χ0v) is 19.5. The number of Topliss-reactive ketones (excluding diaryl/α,β-unsaturated/α-hetero) is 1. The van der Waals surface area contributed by atoms with Crippen molar-refractivity contribution in [2.75, 3.05) is 24.2 Å². The predicted octanol–water partition coefficient (Wildman–Crippen LogP) is -0.481. The van der Waals surface area contributed by atoms with E-state index in [0.717, 1.165) is 5.56 Å². The highest BCUT2D eigenvalue weighted by Crippen LogP contribution is 2.12. The van der Waals surface area contributed by atoms with Gasteiger partial charge in [-0.2, -0.15) is 0 Å². The molecule has 1 aromatic carbocycles. The molecule has 1 heterocycles. The van der Waals surface area contributed by atoms with Crippen LogP contribution in [0.1, 0.15) is 31.9 Å². The highest BCUT2D eigenvalue weighted by Gasteiger charge is 2.21. The molecule has 2 aromatic rings. The van der Waals surface area contributed by atoms with Gasteiger partial charge in [-0.05, 0) is 12.0 Å². The van der Waals surface area contributed by atoms with Crippen LogP contribution in [0.2, 0.25) is 0 Å². The number of hydrogen-bond acceptors (Lipinski definition) is 7. The molecule has 176 valence electrons. The first-order valence-electron chi connectivity index (χ1n) is 10.4. The first-order chi connectivity index (χ1) is 15.8. The fourth-order valence-electron chi connectivity index (χ4n) is 2.96. The molecule has 0 aliphatic rings. The van der Waals surface area contributed by atoms with Gasteiger partial charge >= 0.3 is 5.91 Å². The quantitative estimate of drug-likeness (QED) is 0.240. The number of aromatic nitrogens is 2. The van der Waals surface area contributed by atoms with Crippen molar-refractivity contribution < 1.29 is 19.8 Å². The lowest BCUT2D eigenvalue weighted by Gasteiger charge is -2.18. The van der Waals surface area contributed by atoms with Gasteiger partial charge in [0.05, 0.1) is 12.3 Å². The fourth-order valence-corrected chi connectivity index (χ4v) is 3.82. The third kappa shape index (κ3) is 8.53. The van der Waals surface area contributed by atoms with E-state index in [-0.39, 0.29) is 42.2 Å². The average Bonchev–Trinajstić information content (AvgIpc) is 2.78. The van der Waals surface area contributed by atoms with Crippen LogP contribution in [0.5, 0.6) is 0 Å². The summed E-state index contributed by atoms with van der Waals surface area (Å²) >= 11 is 1.48. The van der Waals surface area contributed by atoms with Crippen LogP contribution in [-0.2, 0) is 20.1 Å². The van der Waals surface area contributed by atoms with Crippen molar-refractivity contribution in [1.29, 1.82) is 0 Å². The minimum absolute atomic E-state index is 0.00394. The van der Waals surface area contributed by atoms with E-state index in [9.17, 15) is 19.2 Å². The van der Waals surface area contributed by atoms with Gasteiger partial charge in [0.15, 0.2) is 11.6 Å². The summed E-state index contributed by atoms with van der Waals surface area (Å²) in [5.74, 6) is 0.252. The molecule has 1 atom stereocenters. The van der Waals surface area contributed by atoms with E-state index >= 15 is 0 Å². The van der Waals surface area contributed by atoms with Gasteiger partial charge in [-0.1, -0.05) is 37.3 Å². The maximum atomic E-state index is 12.8. The molecule has 0 fully saturated rings. The van der Waals surface area contributed by atoms with E-state index in [4.69, 9.17) is 5.41 Å². The lowest BCUT2D eigenvalue weighted by molar-refractivity contribution is -0.128. The average molecular weight is 474 g/mol. The van der Waals surface area contributed by atoms with E-state index in [1.165, 1.54) is 35.6 Å². The Kier molecular flexibility index (Phi) is 10.3. The summed E-state index contributed by atoms with van der Waals surface area (Å²) in [5.41, 5.74) is 0.614. The number of nitrogens with zero attached hydrogens (tertiary/aromatic N) is 2. The van der Waals surface area contributed by atoms with E-state index < -0.39 is 17.5 Å². The Hall–Kier alpha value is -3.47. The number of ketones is 1. The van der Waals surface area contributed by atoms with Crippen LogP contribution in [0, 0.1) is 0 Å². The molecule has 2 amide bonds. The van der Waals surface area contributed by atoms with Crippen molar-refractivity contribution in [3.63, 3.8) is 0 Å². The number of amidine groups is 1. The Morgan fingerprint density at radius 2 is 1.91 bits per heavy atom. The standard InChI is InChI=1S/C22H28N6O4S/c1-3-18(21(31)26-11-17(30)14-33-13-16-7-5-4-6-8-16)28-10-9-24-20(22(28)32)25-12-19(23)27-15(2)29/h4-10,18H,3,11-14H2,1-2H3,(H,24,25)(H,26,31)(H2,23,27,29)/p+1. The molecule has 0 bridgehead atoms. The lowest BCUT2D eigenvalue weighted by atomic mass is 10.2. The third-order valence-corrected chi connectivity index (χ3v) is 5.57. The monoisotopic (exact) mass is 473 g/mol. The largest absolute Gasteiger partial charge is 0.354 e. The molecule has 33 heavy (non-hydrogen) atoms. The molecule has 0 aliphatic heterocycles. The molecule has 0 radical (unpaired) electrons. The van der Waals surface area contributed by atoms with Gasteiger partial charge in [0, 0.05) is 25.1 Å². The van der Waals surface area contributed by atoms with E-state index in [0.29, 0.717) is 12.2 Å². The van der Waals surface area contributed by atoms with E-state index in [2.05, 4.69) is 20.9 Å². The normalized spacial score (nSPS) is 11.3. The zero-order chi connectivity index (χ0) is 24.2. The second-order valence-corrected chi connectivity index (χ2v) is 8.19. The van der Waals surface area contributed by atoms with Gasteiger partial charge in [-0.25, -0.2) is 15.1 Å². The summed E-state index contributed by atoms with van der Waals surface area (Å²) in [6, 6.07) is 9.01. The first kappa shape index (κ1) is 25.8. The zero-order valence-electron chi connectivity index (χ0n) is 18.7. The third-order valence-electron chi connectivity index (χ3n) is 4.51. The fraction of sp³-hybridized carbons (Fsp3) is 0.364. The molecular formula is C22H29N6O4S+. The van der Waals surface area contributed by atoms with Crippen LogP contribution in [-0.4, -0.2) is 51.8 Å². The van der Waals surface area contributed by atoms with Gasteiger partial charge in [0.1, 0.15) is 12.6 Å². The second-order valence-electron chi connectivity index (χ2n) is 7.21. The van der Waals surface area contributed by atoms with Crippen molar-refractivity contribution >= 4 is 41.0 Å². The summed E-state index contributed by atoms with van der Waals surface area (Å²) in [4.78, 5) is 52.6. The number of nitrogens with two attached hydrogens (primary N) is 1. The molecule has 10 nitrogen and oxygen atoms in total. The summed E-state index contributed by atoms with van der Waals surface area (Å²) in [6.07, 6.45) is 3.14. The van der Waals surface area contributed by atoms with Crippen LogP contribution >= 0.6 is 11.8 Å². The smallest absolute Gasteiger partial charge is 0.304 e. The van der Waals surface area contributed by atoms with Crippen LogP contribution in [0.25, 0.3) is 0 Å². The highest BCUT2D eigenvalue weighted by atomic mass is 32.2. The molecule has 0 spiro atoms. The molecule has 0 saturated carbocycles. The Balaban J connectivity index is 1.90. The second kappa shape index (κ2) is 13.2. The van der Waals surface area contributed by atoms with Gasteiger partial charge in [-0.3, -0.25) is 24.4 Å². The molecule has 1 aromatic heterocycles. The van der Waals surface area contributed by atoms with Crippen molar-refractivity contribution in [1.82, 2.24) is 20.2 Å². The van der Waals surface area contributed by atoms with Crippen molar-refractivity contribution in [3.05, 3.63) is 58.6 Å². The Morgan fingerprint density at radius 1 is 1.18 bits per heavy atom. The van der Waals surface area contributed by atoms with Crippen molar-refractivity contribution in [2.45, 2.75) is 32.1 Å². The maximum Gasteiger partial charge on any atom is 0.304 e. The molecular weight excluding hydrogens is 444 g/mol. The maximum absolute atomic E-state index is 12.8. The summed E-state index contributed by atoms with van der Waals surface area (Å²) in [6.45, 7) is 2.98. The molecule has 11 heteroatoms. The molecule has 0 aliphatic carbocycles. The Labute approximate surface area is 196 Å². The number of amides is 2. The SMILES string of the molecule is CCC(C(=O)NCC(=O)CSCc1ccccc1)n1ccnc(NCC(=[NH2+])NC(C)=O)c1=O. The van der Waals surface area contributed by atoms with Gasteiger partial charge < -0.3 is 10.6 Å². The van der Waals surface area contributed by atoms with Gasteiger partial charge in [0.25, 0.3) is 11.4 Å².